The van der Waals surface area contributed by atoms with Crippen LogP contribution in [0, 0.1) is 34.3 Å². The van der Waals surface area contributed by atoms with Crippen molar-refractivity contribution in [3.63, 3.8) is 0 Å². The van der Waals surface area contributed by atoms with E-state index in [0.717, 1.165) is 152 Å². The molecule has 614 valence electrons. The second-order valence-corrected chi connectivity index (χ2v) is 34.9. The number of carbonyl (C=O) groups is 8. The Morgan fingerprint density at radius 1 is 0.500 bits per heavy atom. The first kappa shape index (κ1) is 76.4. The number of nitrogen functional groups attached to an aromatic ring is 2. The van der Waals surface area contributed by atoms with Gasteiger partial charge in [0.15, 0.2) is 5.82 Å². The van der Waals surface area contributed by atoms with E-state index in [4.69, 9.17) is 54.6 Å². The van der Waals surface area contributed by atoms with E-state index >= 15 is 8.78 Å². The van der Waals surface area contributed by atoms with Crippen LogP contribution < -0.4 is 52.3 Å². The van der Waals surface area contributed by atoms with Gasteiger partial charge < -0.3 is 61.3 Å². The lowest BCUT2D eigenvalue weighted by Gasteiger charge is -2.54. The number of hydrogen-bond acceptors (Lipinski definition) is 22. The Labute approximate surface area is 696 Å². The van der Waals surface area contributed by atoms with Crippen molar-refractivity contribution in [1.82, 2.24) is 68.9 Å². The molecule has 4 aromatic carbocycles. The maximum atomic E-state index is 16.9. The molecule has 8 fully saturated rings. The number of nitrogens with zero attached hydrogens (tertiary/aromatic N) is 16. The third-order valence-corrected chi connectivity index (χ3v) is 26.7. The third kappa shape index (κ3) is 14.0. The minimum Gasteiger partial charge on any atom is -0.382 e. The van der Waals surface area contributed by atoms with Crippen LogP contribution in [-0.4, -0.2) is 209 Å². The molecule has 0 radical (unpaired) electrons. The number of hydrogen-bond donors (Lipinski definition) is 6. The van der Waals surface area contributed by atoms with Crippen LogP contribution in [0.1, 0.15) is 117 Å². The fraction of sp³-hybridized carbons (Fsp3) is 0.372. The van der Waals surface area contributed by atoms with E-state index in [0.29, 0.717) is 89.9 Å². The van der Waals surface area contributed by atoms with Gasteiger partial charge in [0.05, 0.1) is 5.69 Å². The summed E-state index contributed by atoms with van der Waals surface area (Å²) in [7, 11) is 0. The number of carbonyl (C=O) groups excluding carboxylic acids is 8. The van der Waals surface area contributed by atoms with E-state index < -0.39 is 47.3 Å². The van der Waals surface area contributed by atoms with Crippen molar-refractivity contribution in [3.8, 4) is 33.9 Å². The molecular weight excluding hydrogens is 1580 g/mol. The molecule has 20 rings (SSSR count). The number of halogens is 4. The van der Waals surface area contributed by atoms with E-state index in [9.17, 15) is 38.4 Å². The summed E-state index contributed by atoms with van der Waals surface area (Å²) in [5.41, 5.74) is 20.7. The highest BCUT2D eigenvalue weighted by Crippen LogP contribution is 2.47. The first-order valence-corrected chi connectivity index (χ1v) is 41.6. The maximum absolute atomic E-state index is 16.9. The molecule has 0 aliphatic carbocycles. The summed E-state index contributed by atoms with van der Waals surface area (Å²) < 4.78 is 37.3. The third-order valence-electron chi connectivity index (χ3n) is 26.2. The first-order chi connectivity index (χ1) is 58.0. The highest BCUT2D eigenvalue weighted by molar-refractivity contribution is 6.31. The number of rotatable bonds is 17. The molecule has 3 unspecified atom stereocenters. The van der Waals surface area contributed by atoms with Crippen LogP contribution in [0.2, 0.25) is 10.0 Å². The summed E-state index contributed by atoms with van der Waals surface area (Å²) in [6, 6.07) is 24.9. The summed E-state index contributed by atoms with van der Waals surface area (Å²) in [5.74, 6) is -2.29. The summed E-state index contributed by atoms with van der Waals surface area (Å²) in [6.07, 6.45) is 13.2. The number of likely N-dealkylation sites (tertiary alicyclic amines) is 2. The summed E-state index contributed by atoms with van der Waals surface area (Å²) in [6.45, 7) is 12.6. The molecule has 10 aliphatic rings. The molecule has 0 saturated carbocycles. The quantitative estimate of drug-likeness (QED) is 0.0462. The fourth-order valence-corrected chi connectivity index (χ4v) is 20.5. The number of imide groups is 2. The number of aromatic nitrogens is 8. The highest BCUT2D eigenvalue weighted by Gasteiger charge is 2.49. The van der Waals surface area contributed by atoms with Crippen molar-refractivity contribution in [1.29, 1.82) is 0 Å². The number of imidazole rings is 2. The van der Waals surface area contributed by atoms with Crippen molar-refractivity contribution in [2.24, 2.45) is 22.7 Å². The lowest BCUT2D eigenvalue weighted by atomic mass is 9.71. The fourth-order valence-electron chi connectivity index (χ4n) is 20.1. The maximum Gasteiger partial charge on any atom is 0.256 e. The van der Waals surface area contributed by atoms with Gasteiger partial charge in [0, 0.05) is 197 Å². The van der Waals surface area contributed by atoms with Gasteiger partial charge in [0.1, 0.15) is 69.3 Å². The van der Waals surface area contributed by atoms with E-state index in [-0.39, 0.29) is 121 Å². The predicted molar refractivity (Wildman–Crippen MR) is 445 cm³/mol. The molecule has 16 heterocycles. The molecular formula is C86H84Cl2F2N22O8. The van der Waals surface area contributed by atoms with Gasteiger partial charge >= 0.3 is 0 Å². The second kappa shape index (κ2) is 29.9. The number of amides is 8. The minimum absolute atomic E-state index is 0.0182. The normalized spacial score (nSPS) is 21.6. The van der Waals surface area contributed by atoms with Crippen LogP contribution in [0.15, 0.2) is 122 Å². The zero-order chi connectivity index (χ0) is 82.3. The number of fused-ring (bicyclic) bond motifs is 4. The molecule has 30 nitrogen and oxygen atoms in total. The lowest BCUT2D eigenvalue weighted by Crippen LogP contribution is -2.61. The van der Waals surface area contributed by atoms with Gasteiger partial charge in [0.2, 0.25) is 35.5 Å². The highest BCUT2D eigenvalue weighted by atomic mass is 35.5. The Bertz CT molecular complexity index is 5990. The largest absolute Gasteiger partial charge is 0.382 e. The number of nitrogens with two attached hydrogens (primary N) is 2. The lowest BCUT2D eigenvalue weighted by molar-refractivity contribution is -0.138. The van der Waals surface area contributed by atoms with Crippen LogP contribution in [0.5, 0.6) is 0 Å². The smallest absolute Gasteiger partial charge is 0.256 e. The molecule has 4 atom stereocenters. The van der Waals surface area contributed by atoms with Crippen molar-refractivity contribution >= 4 is 128 Å². The van der Waals surface area contributed by atoms with Gasteiger partial charge in [-0.15, -0.1) is 0 Å². The molecule has 34 heteroatoms. The second-order valence-electron chi connectivity index (χ2n) is 34.0. The van der Waals surface area contributed by atoms with Crippen LogP contribution in [0.3, 0.4) is 0 Å². The Kier molecular flexibility index (Phi) is 19.1. The van der Waals surface area contributed by atoms with Crippen LogP contribution >= 0.6 is 23.2 Å². The van der Waals surface area contributed by atoms with Crippen LogP contribution in [-0.2, 0) is 32.3 Å². The van der Waals surface area contributed by atoms with Crippen molar-refractivity contribution in [2.45, 2.75) is 89.4 Å². The Hall–Kier alpha value is -12.3. The summed E-state index contributed by atoms with van der Waals surface area (Å²) in [5, 5.41) is 10.8. The minimum atomic E-state index is -0.746. The Morgan fingerprint density at radius 3 is 1.50 bits per heavy atom. The standard InChI is InChI=1S/C86H84Cl2F2N22O8/c87-53-13-20-93-67(34-53)97-77(115)49-1-6-60(62(90)31-49)72-74-76(92)96-64(42-112(74)84(102-72)106-26-18-86(19-27-106)45-104(46-86)37-48-15-23-108(39-48)56-4-8-58-52(30-56)41-111(82(58)120)66-10-12-70(114)100-80(66)118)63-33-54(88)35-68(95-63)98-78(116)50-2-5-59(61(89)32-50)71-73-75(91)94-21-28-109(73)83(101-71)105-24-16-85(17-25-105)43-103(44-85)36-47-14-22-107(38-47)55-3-7-57-51(29-55)40-110(81(57)119)65-9-11-69(113)99-79(65)117/h1-8,13,20-21,28-35,42,47-48,65-66H,9-12,14-19,22-27,36-41,43-46H2,(H2,91,94)(H2,92,96)(H,93,97,115)(H,95,98,116)(H,99,113,117)(H,100,114,118)/t47-,48?,65?,66?/m1/s1. The Balaban J connectivity index is 0.491. The van der Waals surface area contributed by atoms with Crippen LogP contribution in [0.4, 0.5) is 55.3 Å². The Morgan fingerprint density at radius 2 is 0.992 bits per heavy atom. The van der Waals surface area contributed by atoms with Gasteiger partial charge in [0.25, 0.3) is 23.6 Å². The van der Waals surface area contributed by atoms with Gasteiger partial charge in [-0.25, -0.2) is 38.7 Å². The number of piperidine rings is 4. The number of pyridine rings is 2. The van der Waals surface area contributed by atoms with E-state index in [1.54, 1.807) is 44.9 Å². The average molecular weight is 1660 g/mol. The number of nitrogens with one attached hydrogen (secondary N) is 4. The molecule has 120 heavy (non-hydrogen) atoms. The molecule has 0 bridgehead atoms. The van der Waals surface area contributed by atoms with Gasteiger partial charge in [-0.2, -0.15) is 0 Å². The molecule has 8 amide bonds. The monoisotopic (exact) mass is 1660 g/mol. The molecule has 6 aromatic heterocycles. The van der Waals surface area contributed by atoms with E-state index in [1.165, 1.54) is 42.6 Å². The van der Waals surface area contributed by atoms with E-state index in [2.05, 4.69) is 72.8 Å². The SMILES string of the molecule is Nc1nccn2c(N3CCC4(CC3)CN(C[C@H]3CCN(c5ccc6c(c5)CN(C5CCC(=O)NC5=O)C6=O)C3)C4)nc(-c3ccc(C(=O)Nc4cc(Cl)cc(-c5cn6c(N7CCC8(CC7)CN(CC7CCN(c9ccc%10c(c9)CN(C9CCC(=O)NC9=O)C%10=O)C7)C8)nc(-c7ccc(C(=O)Nc8cc(Cl)ccn8)cc7F)c6c(N)n5)n4)cc3F)c12. The summed E-state index contributed by atoms with van der Waals surface area (Å²) >= 11 is 13.0. The van der Waals surface area contributed by atoms with Crippen molar-refractivity contribution in [3.05, 3.63) is 177 Å². The van der Waals surface area contributed by atoms with Gasteiger partial charge in [-0.3, -0.25) is 57.8 Å². The van der Waals surface area contributed by atoms with Crippen molar-refractivity contribution in [2.75, 3.05) is 133 Å². The molecule has 10 aliphatic heterocycles. The number of anilines is 8. The first-order valence-electron chi connectivity index (χ1n) is 40.8. The predicted octanol–water partition coefficient (Wildman–Crippen LogP) is 9.20. The number of benzene rings is 4. The molecule has 8 saturated heterocycles. The van der Waals surface area contributed by atoms with Crippen molar-refractivity contribution < 1.29 is 47.1 Å². The molecule has 2 spiro atoms. The molecule has 10 aromatic rings. The van der Waals surface area contributed by atoms with Gasteiger partial charge in [-0.05, 0) is 182 Å². The topological polar surface area (TPSA) is 349 Å². The summed E-state index contributed by atoms with van der Waals surface area (Å²) in [4.78, 5) is 149. The zero-order valence-corrected chi connectivity index (χ0v) is 66.8. The molecule has 8 N–H and O–H groups in total. The average Bonchev–Trinajstić information content (AvgIpc) is 1.51. The van der Waals surface area contributed by atoms with E-state index in [1.807, 2.05) is 28.7 Å². The van der Waals surface area contributed by atoms with Crippen LogP contribution in [0.25, 0.3) is 44.9 Å². The van der Waals surface area contributed by atoms with Gasteiger partial charge in [-0.1, -0.05) is 23.2 Å². The zero-order valence-electron chi connectivity index (χ0n) is 65.3.